The van der Waals surface area contributed by atoms with Crippen LogP contribution >= 0.6 is 0 Å². The van der Waals surface area contributed by atoms with Crippen LogP contribution in [0.4, 0.5) is 10.6 Å². The number of anilines is 1. The molecule has 1 amide bonds. The summed E-state index contributed by atoms with van der Waals surface area (Å²) in [6, 6.07) is 18.7. The molecule has 0 spiro atoms. The molecular formula is C27H27N7O2. The van der Waals surface area contributed by atoms with E-state index in [2.05, 4.69) is 52.7 Å². The van der Waals surface area contributed by atoms with E-state index < -0.39 is 6.09 Å². The number of nitrogen functional groups attached to an aromatic ring is 1. The summed E-state index contributed by atoms with van der Waals surface area (Å²) in [4.78, 5) is 17.2. The molecule has 1 aliphatic heterocycles. The number of nitrogens with zero attached hydrogens (tertiary/aromatic N) is 6. The van der Waals surface area contributed by atoms with Gasteiger partial charge in [-0.1, -0.05) is 42.5 Å². The lowest BCUT2D eigenvalue weighted by Gasteiger charge is -2.16. The average Bonchev–Trinajstić information content (AvgIpc) is 3.37. The van der Waals surface area contributed by atoms with Crippen LogP contribution in [0, 0.1) is 0 Å². The van der Waals surface area contributed by atoms with E-state index in [1.54, 1.807) is 0 Å². The number of carboxylic acid groups (broad SMARTS) is 1. The molecule has 0 radical (unpaired) electrons. The first-order valence-electron chi connectivity index (χ1n) is 12.2. The summed E-state index contributed by atoms with van der Waals surface area (Å²) < 4.78 is 3.85. The second-order valence-corrected chi connectivity index (χ2v) is 9.37. The van der Waals surface area contributed by atoms with Gasteiger partial charge in [0.05, 0.1) is 12.1 Å². The standard InChI is InChI=1S/C27H27N7O2/c28-26-25-22(14-24(34(25)30-17-29-26)19-7-4-11-32(12-10-19)27(35)36)20-8-9-21-16-33(31-23(21)13-20)15-18-5-2-1-3-6-18/h1-3,5-6,8-9,13-14,16-17,19H,4,7,10-12,15H2,(H,35,36)(H2,28,29,30). The van der Waals surface area contributed by atoms with Crippen molar-refractivity contribution in [1.82, 2.24) is 29.3 Å². The molecule has 6 rings (SSSR count). The average molecular weight is 482 g/mol. The van der Waals surface area contributed by atoms with Crippen LogP contribution in [0.5, 0.6) is 0 Å². The van der Waals surface area contributed by atoms with Gasteiger partial charge in [-0.15, -0.1) is 0 Å². The minimum Gasteiger partial charge on any atom is -0.465 e. The molecule has 0 bridgehead atoms. The largest absolute Gasteiger partial charge is 0.465 e. The van der Waals surface area contributed by atoms with Crippen LogP contribution in [0.2, 0.25) is 0 Å². The summed E-state index contributed by atoms with van der Waals surface area (Å²) in [6.07, 6.45) is 5.12. The number of hydrogen-bond donors (Lipinski definition) is 2. The molecule has 0 saturated carbocycles. The molecule has 1 unspecified atom stereocenters. The Labute approximate surface area is 207 Å². The van der Waals surface area contributed by atoms with Gasteiger partial charge in [0, 0.05) is 41.8 Å². The second kappa shape index (κ2) is 8.99. The molecule has 182 valence electrons. The molecule has 5 aromatic rings. The molecule has 0 aliphatic carbocycles. The zero-order chi connectivity index (χ0) is 24.6. The zero-order valence-corrected chi connectivity index (χ0v) is 19.8. The van der Waals surface area contributed by atoms with Crippen molar-refractivity contribution in [2.75, 3.05) is 18.8 Å². The van der Waals surface area contributed by atoms with Gasteiger partial charge in [-0.2, -0.15) is 10.2 Å². The summed E-state index contributed by atoms with van der Waals surface area (Å²) in [5, 5.41) is 19.9. The maximum atomic E-state index is 11.5. The number of hydrogen-bond acceptors (Lipinski definition) is 5. The minimum absolute atomic E-state index is 0.179. The number of fused-ring (bicyclic) bond motifs is 2. The third-order valence-corrected chi connectivity index (χ3v) is 7.08. The SMILES string of the molecule is Nc1ncnn2c(C3CCCN(C(=O)O)CC3)cc(-c3ccc4cn(Cc5ccccc5)nc4c3)c12. The first kappa shape index (κ1) is 22.1. The molecule has 3 N–H and O–H groups in total. The van der Waals surface area contributed by atoms with Gasteiger partial charge in [0.1, 0.15) is 11.8 Å². The molecule has 36 heavy (non-hydrogen) atoms. The highest BCUT2D eigenvalue weighted by molar-refractivity contribution is 5.92. The zero-order valence-electron chi connectivity index (χ0n) is 19.8. The second-order valence-electron chi connectivity index (χ2n) is 9.37. The van der Waals surface area contributed by atoms with E-state index in [-0.39, 0.29) is 5.92 Å². The van der Waals surface area contributed by atoms with Crippen molar-refractivity contribution in [3.63, 3.8) is 0 Å². The molecule has 4 heterocycles. The Bertz CT molecular complexity index is 1560. The number of aromatic nitrogens is 5. The van der Waals surface area contributed by atoms with Gasteiger partial charge in [-0.05, 0) is 42.5 Å². The minimum atomic E-state index is -0.858. The van der Waals surface area contributed by atoms with Crippen molar-refractivity contribution < 1.29 is 9.90 Å². The maximum Gasteiger partial charge on any atom is 0.407 e. The van der Waals surface area contributed by atoms with Crippen LogP contribution in [0.1, 0.15) is 36.4 Å². The Morgan fingerprint density at radius 1 is 1.08 bits per heavy atom. The molecular weight excluding hydrogens is 454 g/mol. The van der Waals surface area contributed by atoms with Crippen LogP contribution < -0.4 is 5.73 Å². The van der Waals surface area contributed by atoms with Crippen molar-refractivity contribution in [1.29, 1.82) is 0 Å². The van der Waals surface area contributed by atoms with Crippen molar-refractivity contribution in [3.8, 4) is 11.1 Å². The van der Waals surface area contributed by atoms with Crippen LogP contribution in [0.15, 0.2) is 67.1 Å². The van der Waals surface area contributed by atoms with Gasteiger partial charge >= 0.3 is 6.09 Å². The predicted molar refractivity (Wildman–Crippen MR) is 138 cm³/mol. The third-order valence-electron chi connectivity index (χ3n) is 7.08. The van der Waals surface area contributed by atoms with Crippen LogP contribution in [0.25, 0.3) is 27.5 Å². The molecule has 1 fully saturated rings. The molecule has 2 aromatic carbocycles. The quantitative estimate of drug-likeness (QED) is 0.387. The first-order valence-corrected chi connectivity index (χ1v) is 12.2. The molecule has 1 atom stereocenters. The van der Waals surface area contributed by atoms with E-state index in [4.69, 9.17) is 10.8 Å². The van der Waals surface area contributed by atoms with E-state index in [1.807, 2.05) is 27.4 Å². The van der Waals surface area contributed by atoms with E-state index in [1.165, 1.54) is 16.8 Å². The van der Waals surface area contributed by atoms with Crippen molar-refractivity contribution in [3.05, 3.63) is 78.4 Å². The van der Waals surface area contributed by atoms with E-state index in [0.29, 0.717) is 25.5 Å². The predicted octanol–water partition coefficient (Wildman–Crippen LogP) is 4.62. The molecule has 1 aliphatic rings. The van der Waals surface area contributed by atoms with Gasteiger partial charge in [0.2, 0.25) is 0 Å². The Kier molecular flexibility index (Phi) is 5.52. The fourth-order valence-electron chi connectivity index (χ4n) is 5.27. The molecule has 9 heteroatoms. The van der Waals surface area contributed by atoms with Crippen LogP contribution in [0.3, 0.4) is 0 Å². The van der Waals surface area contributed by atoms with Gasteiger partial charge < -0.3 is 15.7 Å². The lowest BCUT2D eigenvalue weighted by Crippen LogP contribution is -2.30. The maximum absolute atomic E-state index is 11.5. The Balaban J connectivity index is 1.38. The van der Waals surface area contributed by atoms with Crippen LogP contribution in [-0.4, -0.2) is 53.6 Å². The van der Waals surface area contributed by atoms with Gasteiger partial charge in [-0.3, -0.25) is 4.68 Å². The number of amides is 1. The number of rotatable bonds is 4. The Morgan fingerprint density at radius 2 is 1.94 bits per heavy atom. The highest BCUT2D eigenvalue weighted by Crippen LogP contribution is 2.37. The lowest BCUT2D eigenvalue weighted by atomic mass is 9.96. The summed E-state index contributed by atoms with van der Waals surface area (Å²) in [6.45, 7) is 1.77. The van der Waals surface area contributed by atoms with E-state index in [0.717, 1.165) is 52.5 Å². The van der Waals surface area contributed by atoms with Crippen molar-refractivity contribution in [2.24, 2.45) is 0 Å². The smallest absolute Gasteiger partial charge is 0.407 e. The normalized spacial score (nSPS) is 16.4. The van der Waals surface area contributed by atoms with Crippen LogP contribution in [-0.2, 0) is 6.54 Å². The topological polar surface area (TPSA) is 115 Å². The third kappa shape index (κ3) is 4.02. The van der Waals surface area contributed by atoms with Gasteiger partial charge in [0.15, 0.2) is 5.82 Å². The summed E-state index contributed by atoms with van der Waals surface area (Å²) >= 11 is 0. The highest BCUT2D eigenvalue weighted by Gasteiger charge is 2.26. The number of nitrogens with two attached hydrogens (primary N) is 1. The fraction of sp³-hybridized carbons (Fsp3) is 0.259. The monoisotopic (exact) mass is 481 g/mol. The first-order chi connectivity index (χ1) is 17.6. The number of likely N-dealkylation sites (tertiary alicyclic amines) is 1. The summed E-state index contributed by atoms with van der Waals surface area (Å²) in [5.41, 5.74) is 12.2. The number of benzene rings is 2. The Morgan fingerprint density at radius 3 is 2.78 bits per heavy atom. The summed E-state index contributed by atoms with van der Waals surface area (Å²) in [7, 11) is 0. The fourth-order valence-corrected chi connectivity index (χ4v) is 5.27. The Hall–Kier alpha value is -4.40. The lowest BCUT2D eigenvalue weighted by molar-refractivity contribution is 0.147. The molecule has 1 saturated heterocycles. The molecule has 9 nitrogen and oxygen atoms in total. The number of carbonyl (C=O) groups is 1. The van der Waals surface area contributed by atoms with Crippen molar-refractivity contribution >= 4 is 28.3 Å². The summed E-state index contributed by atoms with van der Waals surface area (Å²) in [5.74, 6) is 0.598. The highest BCUT2D eigenvalue weighted by atomic mass is 16.4. The van der Waals surface area contributed by atoms with Crippen molar-refractivity contribution in [2.45, 2.75) is 31.7 Å². The molecule has 3 aromatic heterocycles. The van der Waals surface area contributed by atoms with Gasteiger partial charge in [-0.25, -0.2) is 14.3 Å². The van der Waals surface area contributed by atoms with Gasteiger partial charge in [0.25, 0.3) is 0 Å². The van der Waals surface area contributed by atoms with E-state index in [9.17, 15) is 9.90 Å². The van der Waals surface area contributed by atoms with E-state index >= 15 is 0 Å².